The topological polar surface area (TPSA) is 131 Å². The number of aromatic hydroxyl groups is 1. The molecule has 5 atom stereocenters. The van der Waals surface area contributed by atoms with Gasteiger partial charge in [0.2, 0.25) is 6.79 Å². The summed E-state index contributed by atoms with van der Waals surface area (Å²) in [5, 5.41) is 22.0. The maximum atomic E-state index is 12.2. The lowest BCUT2D eigenvalue weighted by Gasteiger charge is -2.59. The number of carbonyl (C=O) groups excluding carboxylic acids is 1. The molecule has 0 radical (unpaired) electrons. The zero-order valence-corrected chi connectivity index (χ0v) is 22.2. The van der Waals surface area contributed by atoms with Gasteiger partial charge in [-0.1, -0.05) is 6.07 Å². The van der Waals surface area contributed by atoms with Crippen LogP contribution in [-0.2, 0) is 17.6 Å². The van der Waals surface area contributed by atoms with Crippen molar-refractivity contribution in [3.63, 3.8) is 0 Å². The summed E-state index contributed by atoms with van der Waals surface area (Å²) in [6.07, 6.45) is 1.07. The number of hydrogen-bond acceptors (Lipinski definition) is 10. The zero-order valence-electron chi connectivity index (χ0n) is 22.2. The van der Waals surface area contributed by atoms with Crippen molar-refractivity contribution in [3.05, 3.63) is 39.4 Å². The van der Waals surface area contributed by atoms with E-state index in [1.165, 1.54) is 6.92 Å². The molecule has 0 unspecified atom stereocenters. The van der Waals surface area contributed by atoms with Gasteiger partial charge >= 0.3 is 5.97 Å². The fourth-order valence-electron chi connectivity index (χ4n) is 7.34. The van der Waals surface area contributed by atoms with E-state index in [1.807, 2.05) is 20.9 Å². The highest BCUT2D eigenvalue weighted by Gasteiger charge is 2.56. The molecule has 2 bridgehead atoms. The van der Waals surface area contributed by atoms with Gasteiger partial charge in [-0.3, -0.25) is 14.6 Å². The fraction of sp³-hybridized carbons (Fsp3) is 0.500. The Hall–Kier alpha value is -3.52. The van der Waals surface area contributed by atoms with Crippen molar-refractivity contribution in [1.29, 1.82) is 5.26 Å². The minimum absolute atomic E-state index is 0.0585. The number of likely N-dealkylation sites (N-methyl/N-ethyl adjacent to an activating group) is 1. The van der Waals surface area contributed by atoms with E-state index in [-0.39, 0.29) is 43.3 Å². The molecule has 10 nitrogen and oxygen atoms in total. The van der Waals surface area contributed by atoms with E-state index in [4.69, 9.17) is 24.7 Å². The lowest BCUT2D eigenvalue weighted by atomic mass is 9.71. The molecule has 0 saturated carbocycles. The number of phenolic OH excluding ortho intramolecular Hbond substituents is 1. The van der Waals surface area contributed by atoms with Crippen LogP contribution in [0.4, 0.5) is 0 Å². The van der Waals surface area contributed by atoms with E-state index >= 15 is 0 Å². The van der Waals surface area contributed by atoms with Crippen LogP contribution in [0, 0.1) is 25.2 Å². The Bertz CT molecular complexity index is 1400. The molecule has 10 heteroatoms. The largest absolute Gasteiger partial charge is 0.504 e. The molecule has 200 valence electrons. The molecule has 1 fully saturated rings. The molecule has 2 aromatic rings. The van der Waals surface area contributed by atoms with Gasteiger partial charge in [0.25, 0.3) is 0 Å². The summed E-state index contributed by atoms with van der Waals surface area (Å²) >= 11 is 0. The van der Waals surface area contributed by atoms with Gasteiger partial charge in [0.1, 0.15) is 11.8 Å². The second-order valence-corrected chi connectivity index (χ2v) is 10.6. The molecular formula is C28H32N4O6. The average molecular weight is 521 g/mol. The predicted octanol–water partition coefficient (Wildman–Crippen LogP) is 2.40. The molecule has 4 heterocycles. The number of carbonyl (C=O) groups is 1. The van der Waals surface area contributed by atoms with Crippen LogP contribution in [0.2, 0.25) is 0 Å². The van der Waals surface area contributed by atoms with Crippen molar-refractivity contribution in [2.45, 2.75) is 63.8 Å². The normalized spacial score (nSPS) is 27.1. The van der Waals surface area contributed by atoms with Crippen LogP contribution >= 0.6 is 0 Å². The number of hydrogen-bond donors (Lipinski definition) is 2. The third kappa shape index (κ3) is 3.19. The van der Waals surface area contributed by atoms with E-state index in [0.29, 0.717) is 41.4 Å². The molecular weight excluding hydrogens is 488 g/mol. The number of nitrogens with zero attached hydrogens (tertiary/aromatic N) is 3. The van der Waals surface area contributed by atoms with Crippen molar-refractivity contribution < 1.29 is 28.8 Å². The lowest BCUT2D eigenvalue weighted by Crippen LogP contribution is -2.68. The van der Waals surface area contributed by atoms with Gasteiger partial charge in [0, 0.05) is 47.8 Å². The number of piperazine rings is 1. The third-order valence-electron chi connectivity index (χ3n) is 8.73. The first-order chi connectivity index (χ1) is 18.2. The number of fused-ring (bicyclic) bond motifs is 9. The first kappa shape index (κ1) is 24.8. The Balaban J connectivity index is 1.62. The summed E-state index contributed by atoms with van der Waals surface area (Å²) in [5.41, 5.74) is 11.5. The first-order valence-electron chi connectivity index (χ1n) is 12.8. The monoisotopic (exact) mass is 520 g/mol. The number of benzene rings is 2. The van der Waals surface area contributed by atoms with Gasteiger partial charge in [-0.2, -0.15) is 5.26 Å². The third-order valence-corrected chi connectivity index (χ3v) is 8.73. The van der Waals surface area contributed by atoms with E-state index < -0.39 is 12.0 Å². The molecule has 0 aromatic heterocycles. The van der Waals surface area contributed by atoms with E-state index in [1.54, 1.807) is 7.11 Å². The molecule has 0 spiro atoms. The fourth-order valence-corrected chi connectivity index (χ4v) is 7.34. The van der Waals surface area contributed by atoms with Crippen LogP contribution in [0.5, 0.6) is 28.7 Å². The molecule has 0 amide bonds. The predicted molar refractivity (Wildman–Crippen MR) is 137 cm³/mol. The smallest absolute Gasteiger partial charge is 0.308 e. The standard InChI is InChI=1S/C28H32N4O6/c1-12-6-15-7-17-19(9-29)32-18(23(31(17)4)21(15)24(34)25(12)35-5)8-16-22(20(32)10-30)28-27(36-11-37-28)13(2)26(16)38-14(3)33/h6,17-20,23,34H,7-8,10-11,30H2,1-5H3/t17-,18+,19+,20+,23-/m1/s1. The Kier molecular flexibility index (Phi) is 5.72. The molecule has 4 aliphatic heterocycles. The van der Waals surface area contributed by atoms with Crippen LogP contribution < -0.4 is 24.7 Å². The summed E-state index contributed by atoms with van der Waals surface area (Å²) in [5.74, 6) is 1.75. The summed E-state index contributed by atoms with van der Waals surface area (Å²) in [7, 11) is 3.57. The van der Waals surface area contributed by atoms with Crippen LogP contribution in [0.15, 0.2) is 6.07 Å². The summed E-state index contributed by atoms with van der Waals surface area (Å²) < 4.78 is 23.1. The minimum Gasteiger partial charge on any atom is -0.504 e. The summed E-state index contributed by atoms with van der Waals surface area (Å²) in [4.78, 5) is 16.6. The number of nitriles is 1. The van der Waals surface area contributed by atoms with Crippen LogP contribution in [-0.4, -0.2) is 66.5 Å². The second-order valence-electron chi connectivity index (χ2n) is 10.6. The van der Waals surface area contributed by atoms with Crippen LogP contribution in [0.1, 0.15) is 52.4 Å². The average Bonchev–Trinajstić information content (AvgIpc) is 3.36. The van der Waals surface area contributed by atoms with Gasteiger partial charge in [0.15, 0.2) is 23.0 Å². The maximum absolute atomic E-state index is 12.2. The quantitative estimate of drug-likeness (QED) is 0.459. The van der Waals surface area contributed by atoms with Crippen LogP contribution in [0.3, 0.4) is 0 Å². The number of esters is 1. The first-order valence-corrected chi connectivity index (χ1v) is 12.8. The van der Waals surface area contributed by atoms with Gasteiger partial charge in [0.05, 0.1) is 25.3 Å². The number of phenols is 1. The number of aryl methyl sites for hydroxylation is 1. The molecule has 3 N–H and O–H groups in total. The Morgan fingerprint density at radius 2 is 1.95 bits per heavy atom. The molecule has 1 saturated heterocycles. The second kappa shape index (κ2) is 8.76. The van der Waals surface area contributed by atoms with Crippen molar-refractivity contribution in [3.8, 4) is 34.8 Å². The number of rotatable bonds is 3. The minimum atomic E-state index is -0.461. The molecule has 6 rings (SSSR count). The Morgan fingerprint density at radius 3 is 2.61 bits per heavy atom. The van der Waals surface area contributed by atoms with Crippen molar-refractivity contribution in [1.82, 2.24) is 9.80 Å². The van der Waals surface area contributed by atoms with Crippen LogP contribution in [0.25, 0.3) is 0 Å². The zero-order chi connectivity index (χ0) is 27.0. The molecule has 2 aromatic carbocycles. The van der Waals surface area contributed by atoms with E-state index in [2.05, 4.69) is 21.9 Å². The molecule has 4 aliphatic rings. The highest BCUT2D eigenvalue weighted by Crippen LogP contribution is 2.58. The SMILES string of the molecule is COc1c(C)cc2c(c1O)[C@H]1[C@@H]3Cc4c(OC(C)=O)c(C)c5c(c4[C@H](CN)N3[C@@H](C#N)[C@@H](C2)N1C)OCO5. The number of nitrogens with two attached hydrogens (primary N) is 1. The Labute approximate surface area is 221 Å². The maximum Gasteiger partial charge on any atom is 0.308 e. The molecule has 0 aliphatic carbocycles. The summed E-state index contributed by atoms with van der Waals surface area (Å²) in [6, 6.07) is 3.20. The summed E-state index contributed by atoms with van der Waals surface area (Å²) in [6.45, 7) is 5.42. The highest BCUT2D eigenvalue weighted by molar-refractivity contribution is 5.74. The van der Waals surface area contributed by atoms with Crippen molar-refractivity contribution in [2.24, 2.45) is 5.73 Å². The van der Waals surface area contributed by atoms with E-state index in [0.717, 1.165) is 27.8 Å². The number of ether oxygens (including phenoxy) is 4. The number of methoxy groups -OCH3 is 1. The van der Waals surface area contributed by atoms with Gasteiger partial charge in [-0.25, -0.2) is 0 Å². The molecule has 38 heavy (non-hydrogen) atoms. The van der Waals surface area contributed by atoms with Gasteiger partial charge in [-0.05, 0) is 44.9 Å². The van der Waals surface area contributed by atoms with E-state index in [9.17, 15) is 15.2 Å². The van der Waals surface area contributed by atoms with Crippen molar-refractivity contribution in [2.75, 3.05) is 27.5 Å². The highest BCUT2D eigenvalue weighted by atomic mass is 16.7. The van der Waals surface area contributed by atoms with Gasteiger partial charge < -0.3 is 29.8 Å². The lowest BCUT2D eigenvalue weighted by molar-refractivity contribution is -0.132. The van der Waals surface area contributed by atoms with Gasteiger partial charge in [-0.15, -0.1) is 0 Å². The Morgan fingerprint density at radius 1 is 1.21 bits per heavy atom. The van der Waals surface area contributed by atoms with Crippen molar-refractivity contribution >= 4 is 5.97 Å².